The zero-order chi connectivity index (χ0) is 22.1. The molecule has 0 aromatic heterocycles. The molecule has 2 rings (SSSR count). The summed E-state index contributed by atoms with van der Waals surface area (Å²) < 4.78 is 5.77. The molecule has 2 aromatic carbocycles. The summed E-state index contributed by atoms with van der Waals surface area (Å²) >= 11 is 0. The van der Waals surface area contributed by atoms with Gasteiger partial charge >= 0.3 is 5.97 Å². The zero-order valence-corrected chi connectivity index (χ0v) is 16.5. The molecule has 0 aliphatic rings. The fraction of sp³-hybridized carbons (Fsp3) is 0.174. The van der Waals surface area contributed by atoms with Crippen LogP contribution in [0.3, 0.4) is 0 Å². The predicted molar refractivity (Wildman–Crippen MR) is 113 cm³/mol. The van der Waals surface area contributed by atoms with Crippen molar-refractivity contribution >= 4 is 23.2 Å². The maximum Gasteiger partial charge on any atom is 0.303 e. The van der Waals surface area contributed by atoms with Gasteiger partial charge in [-0.2, -0.15) is 5.26 Å². The van der Waals surface area contributed by atoms with Gasteiger partial charge in [-0.15, -0.1) is 0 Å². The number of carboxylic acid groups (broad SMARTS) is 1. The van der Waals surface area contributed by atoms with Crippen molar-refractivity contribution in [2.45, 2.75) is 19.8 Å². The SMILES string of the molecule is C=C(C#N)c1cc(Oc2ccccc2)ccc1/C(O)=C(\C)C(=O)NCCCC(=O)O. The minimum absolute atomic E-state index is 0.0362. The van der Waals surface area contributed by atoms with E-state index in [2.05, 4.69) is 11.9 Å². The Labute approximate surface area is 174 Å². The van der Waals surface area contributed by atoms with Crippen LogP contribution in [0.4, 0.5) is 0 Å². The Bertz CT molecular complexity index is 1020. The lowest BCUT2D eigenvalue weighted by Crippen LogP contribution is -2.26. The lowest BCUT2D eigenvalue weighted by molar-refractivity contribution is -0.137. The summed E-state index contributed by atoms with van der Waals surface area (Å²) in [4.78, 5) is 22.8. The van der Waals surface area contributed by atoms with Crippen molar-refractivity contribution in [3.8, 4) is 17.6 Å². The van der Waals surface area contributed by atoms with E-state index in [1.54, 1.807) is 30.3 Å². The van der Waals surface area contributed by atoms with Gasteiger partial charge in [-0.1, -0.05) is 24.8 Å². The van der Waals surface area contributed by atoms with Crippen LogP contribution in [0, 0.1) is 11.3 Å². The fourth-order valence-corrected chi connectivity index (χ4v) is 2.61. The first-order valence-corrected chi connectivity index (χ1v) is 9.20. The van der Waals surface area contributed by atoms with Crippen LogP contribution in [-0.2, 0) is 9.59 Å². The highest BCUT2D eigenvalue weighted by Gasteiger charge is 2.17. The van der Waals surface area contributed by atoms with Gasteiger partial charge in [0.05, 0.1) is 17.2 Å². The number of carbonyl (C=O) groups is 2. The molecule has 0 unspecified atom stereocenters. The van der Waals surface area contributed by atoms with Crippen LogP contribution in [0.25, 0.3) is 11.3 Å². The Morgan fingerprint density at radius 1 is 1.10 bits per heavy atom. The van der Waals surface area contributed by atoms with E-state index in [4.69, 9.17) is 9.84 Å². The highest BCUT2D eigenvalue weighted by atomic mass is 16.5. The Hall–Kier alpha value is -4.05. The molecule has 0 heterocycles. The third-order valence-corrected chi connectivity index (χ3v) is 4.23. The van der Waals surface area contributed by atoms with Crippen LogP contribution in [0.2, 0.25) is 0 Å². The van der Waals surface area contributed by atoms with Gasteiger partial charge in [-0.25, -0.2) is 0 Å². The van der Waals surface area contributed by atoms with Crippen LogP contribution in [-0.4, -0.2) is 28.6 Å². The summed E-state index contributed by atoms with van der Waals surface area (Å²) in [6.45, 7) is 5.31. The second kappa shape index (κ2) is 10.5. The minimum atomic E-state index is -0.947. The molecule has 2 aromatic rings. The van der Waals surface area contributed by atoms with E-state index in [1.165, 1.54) is 6.92 Å². The van der Waals surface area contributed by atoms with Crippen molar-refractivity contribution in [3.63, 3.8) is 0 Å². The summed E-state index contributed by atoms with van der Waals surface area (Å²) in [7, 11) is 0. The molecule has 0 spiro atoms. The van der Waals surface area contributed by atoms with Crippen LogP contribution < -0.4 is 10.1 Å². The molecule has 30 heavy (non-hydrogen) atoms. The van der Waals surface area contributed by atoms with Crippen molar-refractivity contribution in [1.29, 1.82) is 5.26 Å². The first-order valence-electron chi connectivity index (χ1n) is 9.20. The maximum atomic E-state index is 12.3. The Morgan fingerprint density at radius 2 is 1.80 bits per heavy atom. The zero-order valence-electron chi connectivity index (χ0n) is 16.5. The summed E-state index contributed by atoms with van der Waals surface area (Å²) in [6, 6.07) is 15.8. The molecule has 0 fully saturated rings. The van der Waals surface area contributed by atoms with Gasteiger partial charge in [0, 0.05) is 24.1 Å². The predicted octanol–water partition coefficient (Wildman–Crippen LogP) is 4.29. The molecule has 7 nitrogen and oxygen atoms in total. The number of carboxylic acids is 1. The van der Waals surface area contributed by atoms with E-state index in [0.29, 0.717) is 17.1 Å². The van der Waals surface area contributed by atoms with Crippen molar-refractivity contribution in [2.24, 2.45) is 0 Å². The van der Waals surface area contributed by atoms with Crippen LogP contribution >= 0.6 is 0 Å². The number of hydrogen-bond acceptors (Lipinski definition) is 5. The number of nitrogens with zero attached hydrogens (tertiary/aromatic N) is 1. The molecule has 0 aliphatic carbocycles. The molecule has 1 amide bonds. The Balaban J connectivity index is 2.28. The maximum absolute atomic E-state index is 12.3. The van der Waals surface area contributed by atoms with Crippen LogP contribution in [0.15, 0.2) is 60.7 Å². The van der Waals surface area contributed by atoms with E-state index in [9.17, 15) is 20.0 Å². The topological polar surface area (TPSA) is 120 Å². The van der Waals surface area contributed by atoms with E-state index in [-0.39, 0.29) is 41.9 Å². The van der Waals surface area contributed by atoms with Crippen LogP contribution in [0.5, 0.6) is 11.5 Å². The van der Waals surface area contributed by atoms with Crippen molar-refractivity contribution in [1.82, 2.24) is 5.32 Å². The highest BCUT2D eigenvalue weighted by molar-refractivity contribution is 6.00. The molecular formula is C23H22N2O5. The summed E-state index contributed by atoms with van der Waals surface area (Å²) in [5, 5.41) is 31.1. The smallest absolute Gasteiger partial charge is 0.303 e. The summed E-state index contributed by atoms with van der Waals surface area (Å²) in [5.74, 6) is -0.730. The fourth-order valence-electron chi connectivity index (χ4n) is 2.61. The number of aliphatic carboxylic acids is 1. The van der Waals surface area contributed by atoms with Gasteiger partial charge in [-0.3, -0.25) is 9.59 Å². The van der Waals surface area contributed by atoms with Gasteiger partial charge in [0.1, 0.15) is 17.3 Å². The number of hydrogen-bond donors (Lipinski definition) is 3. The third-order valence-electron chi connectivity index (χ3n) is 4.23. The van der Waals surface area contributed by atoms with Crippen LogP contribution in [0.1, 0.15) is 30.9 Å². The summed E-state index contributed by atoms with van der Waals surface area (Å²) in [5.41, 5.74) is 0.736. The van der Waals surface area contributed by atoms with Gasteiger partial charge in [-0.05, 0) is 43.7 Å². The second-order valence-electron chi connectivity index (χ2n) is 6.44. The number of aliphatic hydroxyl groups excluding tert-OH is 1. The highest BCUT2D eigenvalue weighted by Crippen LogP contribution is 2.31. The van der Waals surface area contributed by atoms with Gasteiger partial charge in [0.15, 0.2) is 0 Å². The number of aliphatic hydroxyl groups is 1. The number of allylic oxidation sites excluding steroid dienone is 1. The first kappa shape index (κ1) is 22.2. The average Bonchev–Trinajstić information content (AvgIpc) is 2.75. The molecule has 154 valence electrons. The number of amides is 1. The van der Waals surface area contributed by atoms with Gasteiger partial charge < -0.3 is 20.3 Å². The third kappa shape index (κ3) is 5.97. The average molecular weight is 406 g/mol. The molecule has 0 bridgehead atoms. The quantitative estimate of drug-likeness (QED) is 0.247. The van der Waals surface area contributed by atoms with Crippen molar-refractivity contribution < 1.29 is 24.5 Å². The number of benzene rings is 2. The Kier molecular flexibility index (Phi) is 7.77. The summed E-state index contributed by atoms with van der Waals surface area (Å²) in [6.07, 6.45) is 0.209. The molecule has 0 saturated carbocycles. The monoisotopic (exact) mass is 406 g/mol. The Morgan fingerprint density at radius 3 is 2.43 bits per heavy atom. The largest absolute Gasteiger partial charge is 0.507 e. The molecule has 3 N–H and O–H groups in total. The molecule has 0 atom stereocenters. The number of rotatable bonds is 9. The lowest BCUT2D eigenvalue weighted by atomic mass is 9.97. The van der Waals surface area contributed by atoms with E-state index < -0.39 is 11.9 Å². The number of carbonyl (C=O) groups excluding carboxylic acids is 1. The normalized spacial score (nSPS) is 11.1. The standard InChI is InChI=1S/C23H22N2O5/c1-15(14-24)20-13-18(30-17-7-4-3-5-8-17)10-11-19(20)22(28)16(2)23(29)25-12-6-9-21(26)27/h3-5,7-8,10-11,13,28H,1,6,9,12H2,2H3,(H,25,29)(H,26,27)/b22-16-. The molecule has 0 aliphatic heterocycles. The van der Waals surface area contributed by atoms with E-state index in [1.807, 2.05) is 24.3 Å². The van der Waals surface area contributed by atoms with Crippen molar-refractivity contribution in [3.05, 3.63) is 71.8 Å². The first-order chi connectivity index (χ1) is 14.3. The molecule has 0 radical (unpaired) electrons. The van der Waals surface area contributed by atoms with Gasteiger partial charge in [0.2, 0.25) is 0 Å². The van der Waals surface area contributed by atoms with E-state index in [0.717, 1.165) is 0 Å². The number of nitrogens with one attached hydrogen (secondary N) is 1. The number of para-hydroxylation sites is 1. The number of ether oxygens (including phenoxy) is 1. The molecule has 7 heteroatoms. The minimum Gasteiger partial charge on any atom is -0.507 e. The second-order valence-corrected chi connectivity index (χ2v) is 6.44. The van der Waals surface area contributed by atoms with E-state index >= 15 is 0 Å². The van der Waals surface area contributed by atoms with Crippen molar-refractivity contribution in [2.75, 3.05) is 6.54 Å². The van der Waals surface area contributed by atoms with Gasteiger partial charge in [0.25, 0.3) is 5.91 Å². The molecular weight excluding hydrogens is 384 g/mol. The number of nitriles is 1. The molecule has 0 saturated heterocycles. The lowest BCUT2D eigenvalue weighted by Gasteiger charge is -2.13.